The molecule has 0 atom stereocenters. The third-order valence-corrected chi connectivity index (χ3v) is 2.97. The van der Waals surface area contributed by atoms with Gasteiger partial charge in [-0.05, 0) is 30.5 Å². The molecule has 0 amide bonds. The Morgan fingerprint density at radius 2 is 2.11 bits per heavy atom. The molecule has 2 rings (SSSR count). The Kier molecular flexibility index (Phi) is 3.94. The number of aryl methyl sites for hydroxylation is 2. The molecular weight excluding hydrogens is 244 g/mol. The fraction of sp³-hybridized carbons (Fsp3) is 0.357. The second-order valence-corrected chi connectivity index (χ2v) is 4.45. The number of methoxy groups -OCH3 is 1. The molecule has 0 N–H and O–H groups in total. The van der Waals surface area contributed by atoms with Crippen LogP contribution in [0.2, 0.25) is 0 Å². The van der Waals surface area contributed by atoms with Crippen molar-refractivity contribution >= 4 is 5.97 Å². The fourth-order valence-corrected chi connectivity index (χ4v) is 1.73. The van der Waals surface area contributed by atoms with E-state index < -0.39 is 0 Å². The van der Waals surface area contributed by atoms with Crippen LogP contribution >= 0.6 is 0 Å². The minimum absolute atomic E-state index is 0.0103. The van der Waals surface area contributed by atoms with E-state index in [4.69, 9.17) is 4.52 Å². The summed E-state index contributed by atoms with van der Waals surface area (Å²) in [7, 11) is 1.33. The topological polar surface area (TPSA) is 65.2 Å². The molecule has 1 aromatic heterocycles. The van der Waals surface area contributed by atoms with Gasteiger partial charge in [-0.1, -0.05) is 23.4 Å². The molecule has 5 heteroatoms. The predicted molar refractivity (Wildman–Crippen MR) is 68.7 cm³/mol. The van der Waals surface area contributed by atoms with Gasteiger partial charge in [0.2, 0.25) is 5.89 Å². The summed E-state index contributed by atoms with van der Waals surface area (Å²) in [4.78, 5) is 15.2. The Balaban J connectivity index is 2.07. The van der Waals surface area contributed by atoms with Gasteiger partial charge in [0, 0.05) is 6.42 Å². The molecule has 0 radical (unpaired) electrons. The third-order valence-electron chi connectivity index (χ3n) is 2.97. The molecule has 2 aromatic rings. The number of rotatable bonds is 4. The van der Waals surface area contributed by atoms with Crippen molar-refractivity contribution in [3.8, 4) is 0 Å². The van der Waals surface area contributed by atoms with E-state index in [0.717, 1.165) is 5.56 Å². The largest absolute Gasteiger partial charge is 0.469 e. The zero-order valence-corrected chi connectivity index (χ0v) is 11.3. The first-order chi connectivity index (χ1) is 9.08. The lowest BCUT2D eigenvalue weighted by Gasteiger charge is -2.02. The second kappa shape index (κ2) is 5.65. The Morgan fingerprint density at radius 3 is 2.79 bits per heavy atom. The standard InChI is InChI=1S/C14H16N2O3/c1-9-4-5-11(6-10(9)2)7-12-15-13(19-16-12)8-14(17)18-3/h4-6H,7-8H2,1-3H3. The fourth-order valence-electron chi connectivity index (χ4n) is 1.73. The highest BCUT2D eigenvalue weighted by atomic mass is 16.5. The first-order valence-electron chi connectivity index (χ1n) is 6.03. The first kappa shape index (κ1) is 13.3. The van der Waals surface area contributed by atoms with Crippen LogP contribution in [0, 0.1) is 13.8 Å². The lowest BCUT2D eigenvalue weighted by Crippen LogP contribution is -2.04. The summed E-state index contributed by atoms with van der Waals surface area (Å²) in [6.07, 6.45) is 0.599. The second-order valence-electron chi connectivity index (χ2n) is 4.45. The average molecular weight is 260 g/mol. The van der Waals surface area contributed by atoms with Crippen LogP contribution < -0.4 is 0 Å². The molecule has 0 bridgehead atoms. The van der Waals surface area contributed by atoms with Gasteiger partial charge >= 0.3 is 5.97 Å². The number of nitrogens with zero attached hydrogens (tertiary/aromatic N) is 2. The van der Waals surface area contributed by atoms with E-state index in [1.54, 1.807) is 0 Å². The first-order valence-corrected chi connectivity index (χ1v) is 6.03. The lowest BCUT2D eigenvalue weighted by molar-refractivity contribution is -0.140. The maximum Gasteiger partial charge on any atom is 0.315 e. The van der Waals surface area contributed by atoms with Gasteiger partial charge in [0.1, 0.15) is 6.42 Å². The van der Waals surface area contributed by atoms with Crippen molar-refractivity contribution in [3.05, 3.63) is 46.6 Å². The maximum atomic E-state index is 11.1. The van der Waals surface area contributed by atoms with E-state index in [1.807, 2.05) is 6.07 Å². The van der Waals surface area contributed by atoms with Gasteiger partial charge in [0.05, 0.1) is 7.11 Å². The molecule has 1 heterocycles. The number of esters is 1. The Bertz CT molecular complexity index is 590. The lowest BCUT2D eigenvalue weighted by atomic mass is 10.0. The van der Waals surface area contributed by atoms with Gasteiger partial charge < -0.3 is 9.26 Å². The molecule has 0 saturated heterocycles. The minimum atomic E-state index is -0.388. The van der Waals surface area contributed by atoms with E-state index in [1.165, 1.54) is 18.2 Å². The van der Waals surface area contributed by atoms with Crippen molar-refractivity contribution in [3.63, 3.8) is 0 Å². The third kappa shape index (κ3) is 3.40. The molecule has 19 heavy (non-hydrogen) atoms. The number of carbonyl (C=O) groups excluding carboxylic acids is 1. The number of hydrogen-bond donors (Lipinski definition) is 0. The summed E-state index contributed by atoms with van der Waals surface area (Å²) in [5.41, 5.74) is 3.60. The Hall–Kier alpha value is -2.17. The van der Waals surface area contributed by atoms with Crippen LogP contribution in [0.25, 0.3) is 0 Å². The van der Waals surface area contributed by atoms with Crippen molar-refractivity contribution in [1.82, 2.24) is 10.1 Å². The molecule has 0 aliphatic heterocycles. The summed E-state index contributed by atoms with van der Waals surface area (Å²) in [5, 5.41) is 3.86. The van der Waals surface area contributed by atoms with Gasteiger partial charge in [-0.2, -0.15) is 4.98 Å². The molecule has 0 saturated carbocycles. The van der Waals surface area contributed by atoms with Crippen LogP contribution in [-0.4, -0.2) is 23.2 Å². The van der Waals surface area contributed by atoms with Crippen LogP contribution in [0.15, 0.2) is 22.7 Å². The molecule has 0 aliphatic carbocycles. The molecule has 0 unspecified atom stereocenters. The number of hydrogen-bond acceptors (Lipinski definition) is 5. The summed E-state index contributed by atoms with van der Waals surface area (Å²) in [6.45, 7) is 4.14. The highest BCUT2D eigenvalue weighted by Gasteiger charge is 2.11. The van der Waals surface area contributed by atoms with E-state index in [-0.39, 0.29) is 18.3 Å². The monoisotopic (exact) mass is 260 g/mol. The molecule has 0 spiro atoms. The van der Waals surface area contributed by atoms with Crippen LogP contribution in [0.4, 0.5) is 0 Å². The molecule has 5 nitrogen and oxygen atoms in total. The zero-order valence-electron chi connectivity index (χ0n) is 11.3. The number of benzene rings is 1. The quantitative estimate of drug-likeness (QED) is 0.786. The number of ether oxygens (including phenoxy) is 1. The van der Waals surface area contributed by atoms with Gasteiger partial charge in [-0.25, -0.2) is 0 Å². The minimum Gasteiger partial charge on any atom is -0.469 e. The maximum absolute atomic E-state index is 11.1. The van der Waals surface area contributed by atoms with Crippen LogP contribution in [-0.2, 0) is 22.4 Å². The summed E-state index contributed by atoms with van der Waals surface area (Å²) >= 11 is 0. The van der Waals surface area contributed by atoms with E-state index in [0.29, 0.717) is 12.2 Å². The van der Waals surface area contributed by atoms with Crippen molar-refractivity contribution < 1.29 is 14.1 Å². The van der Waals surface area contributed by atoms with Crippen LogP contribution in [0.1, 0.15) is 28.4 Å². The van der Waals surface area contributed by atoms with Crippen molar-refractivity contribution in [2.24, 2.45) is 0 Å². The molecule has 1 aromatic carbocycles. The predicted octanol–water partition coefficient (Wildman–Crippen LogP) is 1.99. The highest BCUT2D eigenvalue weighted by molar-refractivity contribution is 5.71. The van der Waals surface area contributed by atoms with Gasteiger partial charge in [0.15, 0.2) is 5.82 Å². The van der Waals surface area contributed by atoms with Gasteiger partial charge in [-0.15, -0.1) is 0 Å². The number of carbonyl (C=O) groups is 1. The smallest absolute Gasteiger partial charge is 0.315 e. The SMILES string of the molecule is COC(=O)Cc1nc(Cc2ccc(C)c(C)c2)no1. The molecule has 0 aliphatic rings. The highest BCUT2D eigenvalue weighted by Crippen LogP contribution is 2.13. The Labute approximate surface area is 111 Å². The average Bonchev–Trinajstić information content (AvgIpc) is 2.81. The van der Waals surface area contributed by atoms with Crippen molar-refractivity contribution in [2.45, 2.75) is 26.7 Å². The summed E-state index contributed by atoms with van der Waals surface area (Å²) in [6, 6.07) is 6.21. The zero-order chi connectivity index (χ0) is 13.8. The Morgan fingerprint density at radius 1 is 1.32 bits per heavy atom. The van der Waals surface area contributed by atoms with E-state index in [9.17, 15) is 4.79 Å². The van der Waals surface area contributed by atoms with Crippen molar-refractivity contribution in [2.75, 3.05) is 7.11 Å². The molecular formula is C14H16N2O3. The van der Waals surface area contributed by atoms with Gasteiger partial charge in [0.25, 0.3) is 0 Å². The van der Waals surface area contributed by atoms with Crippen LogP contribution in [0.3, 0.4) is 0 Å². The normalized spacial score (nSPS) is 10.5. The summed E-state index contributed by atoms with van der Waals surface area (Å²) < 4.78 is 9.55. The summed E-state index contributed by atoms with van der Waals surface area (Å²) in [5.74, 6) is 0.467. The molecule has 100 valence electrons. The number of aromatic nitrogens is 2. The van der Waals surface area contributed by atoms with E-state index >= 15 is 0 Å². The van der Waals surface area contributed by atoms with E-state index in [2.05, 4.69) is 40.9 Å². The van der Waals surface area contributed by atoms with Crippen molar-refractivity contribution in [1.29, 1.82) is 0 Å². The molecule has 0 fully saturated rings. The van der Waals surface area contributed by atoms with Crippen LogP contribution in [0.5, 0.6) is 0 Å². The van der Waals surface area contributed by atoms with Gasteiger partial charge in [-0.3, -0.25) is 4.79 Å².